The number of thiazole rings is 1. The molecule has 9 heteroatoms. The van der Waals surface area contributed by atoms with Gasteiger partial charge in [0.15, 0.2) is 5.13 Å². The van der Waals surface area contributed by atoms with Gasteiger partial charge >= 0.3 is 5.00 Å². The van der Waals surface area contributed by atoms with Crippen molar-refractivity contribution in [2.75, 3.05) is 62.4 Å². The van der Waals surface area contributed by atoms with Crippen molar-refractivity contribution in [3.8, 4) is 0 Å². The summed E-state index contributed by atoms with van der Waals surface area (Å²) in [5.74, 6) is 0.487. The molecule has 0 bridgehead atoms. The normalized spacial score (nSPS) is 20.5. The van der Waals surface area contributed by atoms with Crippen molar-refractivity contribution in [3.63, 3.8) is 0 Å². The minimum absolute atomic E-state index is 0.127. The van der Waals surface area contributed by atoms with Crippen LogP contribution in [0.3, 0.4) is 0 Å². The van der Waals surface area contributed by atoms with E-state index in [0.29, 0.717) is 32.2 Å². The molecule has 0 spiro atoms. The van der Waals surface area contributed by atoms with Gasteiger partial charge in [0.05, 0.1) is 18.1 Å². The lowest BCUT2D eigenvalue weighted by Crippen LogP contribution is -2.28. The fraction of sp³-hybridized carbons (Fsp3) is 0.769. The average molecular weight is 328 g/mol. The average Bonchev–Trinajstić information content (AvgIpc) is 2.73. The molecule has 2 aliphatic rings. The van der Waals surface area contributed by atoms with Crippen molar-refractivity contribution >= 4 is 27.3 Å². The van der Waals surface area contributed by atoms with E-state index in [1.54, 1.807) is 0 Å². The Morgan fingerprint density at radius 3 is 2.32 bits per heavy atom. The molecule has 22 heavy (non-hydrogen) atoms. The van der Waals surface area contributed by atoms with Gasteiger partial charge in [-0.05, 0) is 24.2 Å². The standard InChI is InChI=1S/C13H20N4O4S/c18-17(19)12-11(15-3-1-7-20-9-5-15)14-13(22-12)16-4-2-8-21-10-6-16/h1-10H2. The van der Waals surface area contributed by atoms with Crippen LogP contribution in [0.2, 0.25) is 0 Å². The van der Waals surface area contributed by atoms with Gasteiger partial charge in [-0.15, -0.1) is 0 Å². The lowest BCUT2D eigenvalue weighted by atomic mass is 10.4. The number of rotatable bonds is 3. The number of hydrogen-bond donors (Lipinski definition) is 0. The first kappa shape index (κ1) is 15.4. The van der Waals surface area contributed by atoms with Crippen LogP contribution in [0, 0.1) is 10.1 Å². The fourth-order valence-electron chi connectivity index (χ4n) is 2.65. The van der Waals surface area contributed by atoms with E-state index in [-0.39, 0.29) is 9.92 Å². The van der Waals surface area contributed by atoms with Crippen LogP contribution < -0.4 is 9.80 Å². The van der Waals surface area contributed by atoms with Gasteiger partial charge in [-0.25, -0.2) is 0 Å². The smallest absolute Gasteiger partial charge is 0.369 e. The number of hydrogen-bond acceptors (Lipinski definition) is 8. The van der Waals surface area contributed by atoms with Gasteiger partial charge in [0.25, 0.3) is 0 Å². The number of anilines is 2. The highest BCUT2D eigenvalue weighted by Crippen LogP contribution is 2.39. The van der Waals surface area contributed by atoms with Crippen molar-refractivity contribution in [1.82, 2.24) is 4.98 Å². The minimum atomic E-state index is -0.323. The van der Waals surface area contributed by atoms with Crippen LogP contribution in [0.25, 0.3) is 0 Å². The molecule has 0 aromatic carbocycles. The van der Waals surface area contributed by atoms with Crippen molar-refractivity contribution in [2.24, 2.45) is 0 Å². The zero-order valence-electron chi connectivity index (χ0n) is 12.4. The molecule has 1 aromatic rings. The van der Waals surface area contributed by atoms with Gasteiger partial charge in [0, 0.05) is 39.4 Å². The second-order valence-corrected chi connectivity index (χ2v) is 6.24. The van der Waals surface area contributed by atoms with E-state index in [1.165, 1.54) is 0 Å². The minimum Gasteiger partial charge on any atom is -0.380 e. The van der Waals surface area contributed by atoms with Crippen molar-refractivity contribution in [3.05, 3.63) is 10.1 Å². The topological polar surface area (TPSA) is 81.0 Å². The summed E-state index contributed by atoms with van der Waals surface area (Å²) in [6.07, 6.45) is 1.78. The van der Waals surface area contributed by atoms with Crippen molar-refractivity contribution in [1.29, 1.82) is 0 Å². The predicted molar refractivity (Wildman–Crippen MR) is 84.1 cm³/mol. The number of aromatic nitrogens is 1. The van der Waals surface area contributed by atoms with Crippen LogP contribution in [0.4, 0.5) is 16.0 Å². The Hall–Kier alpha value is -1.45. The van der Waals surface area contributed by atoms with E-state index < -0.39 is 0 Å². The molecule has 2 aliphatic heterocycles. The maximum atomic E-state index is 11.4. The zero-order valence-corrected chi connectivity index (χ0v) is 13.2. The largest absolute Gasteiger partial charge is 0.380 e. The fourth-order valence-corrected chi connectivity index (χ4v) is 3.61. The van der Waals surface area contributed by atoms with Crippen LogP contribution in [0.15, 0.2) is 0 Å². The molecular weight excluding hydrogens is 308 g/mol. The second-order valence-electron chi connectivity index (χ2n) is 5.29. The summed E-state index contributed by atoms with van der Waals surface area (Å²) in [4.78, 5) is 19.7. The van der Waals surface area contributed by atoms with E-state index in [1.807, 2.05) is 4.90 Å². The summed E-state index contributed by atoms with van der Waals surface area (Å²) in [5.41, 5.74) is 0. The van der Waals surface area contributed by atoms with E-state index in [9.17, 15) is 10.1 Å². The SMILES string of the molecule is O=[N+]([O-])c1sc(N2CCCOCC2)nc1N1CCCOCC1. The maximum absolute atomic E-state index is 11.4. The molecule has 1 aromatic heterocycles. The van der Waals surface area contributed by atoms with E-state index >= 15 is 0 Å². The lowest BCUT2D eigenvalue weighted by Gasteiger charge is -2.19. The van der Waals surface area contributed by atoms with E-state index in [4.69, 9.17) is 9.47 Å². The van der Waals surface area contributed by atoms with Crippen LogP contribution >= 0.6 is 11.3 Å². The summed E-state index contributed by atoms with van der Waals surface area (Å²) in [6.45, 7) is 5.60. The number of nitro groups is 1. The van der Waals surface area contributed by atoms with Crippen LogP contribution in [-0.4, -0.2) is 62.5 Å². The predicted octanol–water partition coefficient (Wildman–Crippen LogP) is 1.50. The van der Waals surface area contributed by atoms with Crippen molar-refractivity contribution in [2.45, 2.75) is 12.8 Å². The molecule has 2 fully saturated rings. The summed E-state index contributed by atoms with van der Waals surface area (Å²) in [6, 6.07) is 0. The highest BCUT2D eigenvalue weighted by atomic mass is 32.1. The first-order valence-electron chi connectivity index (χ1n) is 7.56. The molecule has 0 amide bonds. The second kappa shape index (κ2) is 7.21. The zero-order chi connectivity index (χ0) is 15.4. The molecule has 3 rings (SSSR count). The van der Waals surface area contributed by atoms with Gasteiger partial charge in [0.1, 0.15) is 0 Å². The Morgan fingerprint density at radius 2 is 1.64 bits per heavy atom. The molecule has 0 N–H and O–H groups in total. The third-order valence-corrected chi connectivity index (χ3v) is 4.82. The van der Waals surface area contributed by atoms with Gasteiger partial charge in [0.2, 0.25) is 5.82 Å². The highest BCUT2D eigenvalue weighted by Gasteiger charge is 2.29. The van der Waals surface area contributed by atoms with E-state index in [2.05, 4.69) is 9.88 Å². The van der Waals surface area contributed by atoms with Crippen LogP contribution in [-0.2, 0) is 9.47 Å². The molecule has 0 saturated carbocycles. The summed E-state index contributed by atoms with van der Waals surface area (Å²) in [5, 5.41) is 12.2. The van der Waals surface area contributed by atoms with Crippen LogP contribution in [0.1, 0.15) is 12.8 Å². The maximum Gasteiger partial charge on any atom is 0.369 e. The lowest BCUT2D eigenvalue weighted by molar-refractivity contribution is -0.379. The molecule has 122 valence electrons. The molecule has 3 heterocycles. The first-order valence-corrected chi connectivity index (χ1v) is 8.38. The third-order valence-electron chi connectivity index (χ3n) is 3.76. The molecule has 0 aliphatic carbocycles. The molecular formula is C13H20N4O4S. The summed E-state index contributed by atoms with van der Waals surface area (Å²) < 4.78 is 10.9. The van der Waals surface area contributed by atoms with Gasteiger partial charge in [-0.2, -0.15) is 4.98 Å². The Bertz CT molecular complexity index is 508. The number of nitrogens with zero attached hydrogens (tertiary/aromatic N) is 4. The molecule has 0 radical (unpaired) electrons. The van der Waals surface area contributed by atoms with Gasteiger partial charge in [-0.3, -0.25) is 10.1 Å². The summed E-state index contributed by atoms with van der Waals surface area (Å²) in [7, 11) is 0. The Morgan fingerprint density at radius 1 is 1.00 bits per heavy atom. The molecule has 2 saturated heterocycles. The Labute approximate surface area is 132 Å². The van der Waals surface area contributed by atoms with Gasteiger partial charge < -0.3 is 19.3 Å². The van der Waals surface area contributed by atoms with Gasteiger partial charge in [-0.1, -0.05) is 0 Å². The third kappa shape index (κ3) is 3.47. The summed E-state index contributed by atoms with van der Waals surface area (Å²) >= 11 is 1.16. The van der Waals surface area contributed by atoms with Crippen molar-refractivity contribution < 1.29 is 14.4 Å². The molecule has 0 atom stereocenters. The first-order chi connectivity index (χ1) is 10.8. The monoisotopic (exact) mass is 328 g/mol. The Kier molecular flexibility index (Phi) is 5.06. The highest BCUT2D eigenvalue weighted by molar-refractivity contribution is 7.19. The molecule has 8 nitrogen and oxygen atoms in total. The quantitative estimate of drug-likeness (QED) is 0.614. The Balaban J connectivity index is 1.85. The molecule has 0 unspecified atom stereocenters. The van der Waals surface area contributed by atoms with E-state index in [0.717, 1.165) is 55.6 Å². The number of ether oxygens (including phenoxy) is 2. The van der Waals surface area contributed by atoms with Crippen LogP contribution in [0.5, 0.6) is 0 Å².